The van der Waals surface area contributed by atoms with Crippen LogP contribution in [0.15, 0.2) is 30.2 Å². The summed E-state index contributed by atoms with van der Waals surface area (Å²) in [6, 6.07) is 3.67. The van der Waals surface area contributed by atoms with Gasteiger partial charge in [-0.05, 0) is 31.4 Å². The Morgan fingerprint density at radius 2 is 2.42 bits per heavy atom. The van der Waals surface area contributed by atoms with Gasteiger partial charge in [-0.1, -0.05) is 17.7 Å². The minimum Gasteiger partial charge on any atom is -0.370 e. The molecule has 0 radical (unpaired) electrons. The van der Waals surface area contributed by atoms with Crippen LogP contribution < -0.4 is 0 Å². The molecule has 1 aliphatic heterocycles. The first-order valence-corrected chi connectivity index (χ1v) is 6.68. The number of pyridine rings is 1. The maximum Gasteiger partial charge on any atom is 0.253 e. The molecule has 0 spiro atoms. The van der Waals surface area contributed by atoms with E-state index in [2.05, 4.69) is 9.88 Å². The second-order valence-corrected chi connectivity index (χ2v) is 4.99. The van der Waals surface area contributed by atoms with Crippen molar-refractivity contribution < 1.29 is 4.92 Å². The summed E-state index contributed by atoms with van der Waals surface area (Å²) in [6.07, 6.45) is 4.59. The van der Waals surface area contributed by atoms with Crippen molar-refractivity contribution in [3.63, 3.8) is 0 Å². The van der Waals surface area contributed by atoms with E-state index in [9.17, 15) is 10.1 Å². The van der Waals surface area contributed by atoms with Gasteiger partial charge in [-0.2, -0.15) is 0 Å². The monoisotopic (exact) mass is 281 g/mol. The number of rotatable bonds is 4. The van der Waals surface area contributed by atoms with Crippen molar-refractivity contribution in [1.82, 2.24) is 9.88 Å². The quantitative estimate of drug-likeness (QED) is 0.484. The van der Waals surface area contributed by atoms with Crippen molar-refractivity contribution in [3.8, 4) is 0 Å². The highest BCUT2D eigenvalue weighted by molar-refractivity contribution is 6.29. The number of hydrogen-bond donors (Lipinski definition) is 0. The zero-order valence-corrected chi connectivity index (χ0v) is 11.5. The lowest BCUT2D eigenvalue weighted by Crippen LogP contribution is -2.19. The number of nitro groups is 1. The Kier molecular flexibility index (Phi) is 4.37. The predicted octanol–water partition coefficient (Wildman–Crippen LogP) is 2.74. The molecule has 1 aromatic heterocycles. The Hall–Kier alpha value is -1.62. The minimum absolute atomic E-state index is 0.188. The molecular weight excluding hydrogens is 266 g/mol. The van der Waals surface area contributed by atoms with Crippen LogP contribution in [0, 0.1) is 16.0 Å². The zero-order chi connectivity index (χ0) is 13.8. The largest absolute Gasteiger partial charge is 0.370 e. The second kappa shape index (κ2) is 6.02. The SMILES string of the molecule is CCN1CCC(Cc2ccc(Cl)nc2)C1=C[N+](=O)[O-]. The van der Waals surface area contributed by atoms with Crippen molar-refractivity contribution in [2.45, 2.75) is 19.8 Å². The average Bonchev–Trinajstić information content (AvgIpc) is 2.74. The fourth-order valence-corrected chi connectivity index (χ4v) is 2.61. The molecule has 1 atom stereocenters. The molecular formula is C13H16ClN3O2. The Bertz CT molecular complexity index is 487. The number of allylic oxidation sites excluding steroid dienone is 1. The minimum atomic E-state index is -0.365. The van der Waals surface area contributed by atoms with Crippen LogP contribution in [-0.4, -0.2) is 27.9 Å². The van der Waals surface area contributed by atoms with Crippen molar-refractivity contribution in [2.24, 2.45) is 5.92 Å². The van der Waals surface area contributed by atoms with Gasteiger partial charge in [0.05, 0.1) is 10.6 Å². The molecule has 5 nitrogen and oxygen atoms in total. The van der Waals surface area contributed by atoms with Gasteiger partial charge < -0.3 is 4.90 Å². The summed E-state index contributed by atoms with van der Waals surface area (Å²) in [6.45, 7) is 3.69. The number of nitrogens with zero attached hydrogens (tertiary/aromatic N) is 3. The molecule has 0 aromatic carbocycles. The molecule has 2 heterocycles. The van der Waals surface area contributed by atoms with Gasteiger partial charge >= 0.3 is 0 Å². The van der Waals surface area contributed by atoms with Gasteiger partial charge in [0.2, 0.25) is 0 Å². The van der Waals surface area contributed by atoms with Crippen LogP contribution in [-0.2, 0) is 6.42 Å². The summed E-state index contributed by atoms with van der Waals surface area (Å²) in [5, 5.41) is 11.2. The topological polar surface area (TPSA) is 59.3 Å². The first-order valence-electron chi connectivity index (χ1n) is 6.30. The molecule has 0 N–H and O–H groups in total. The molecule has 1 saturated heterocycles. The third-order valence-corrected chi connectivity index (χ3v) is 3.64. The van der Waals surface area contributed by atoms with Gasteiger partial charge in [0.15, 0.2) is 0 Å². The van der Waals surface area contributed by atoms with Crippen LogP contribution in [0.25, 0.3) is 0 Å². The van der Waals surface area contributed by atoms with E-state index >= 15 is 0 Å². The van der Waals surface area contributed by atoms with E-state index in [1.807, 2.05) is 13.0 Å². The smallest absolute Gasteiger partial charge is 0.253 e. The van der Waals surface area contributed by atoms with Crippen molar-refractivity contribution in [3.05, 3.63) is 51.1 Å². The Balaban J connectivity index is 2.14. The lowest BCUT2D eigenvalue weighted by atomic mass is 9.97. The Labute approximate surface area is 117 Å². The molecule has 6 heteroatoms. The summed E-state index contributed by atoms with van der Waals surface area (Å²) in [7, 11) is 0. The highest BCUT2D eigenvalue weighted by atomic mass is 35.5. The summed E-state index contributed by atoms with van der Waals surface area (Å²) in [4.78, 5) is 16.5. The van der Waals surface area contributed by atoms with Crippen molar-refractivity contribution >= 4 is 11.6 Å². The van der Waals surface area contributed by atoms with Gasteiger partial charge in [-0.15, -0.1) is 0 Å². The van der Waals surface area contributed by atoms with E-state index < -0.39 is 0 Å². The maximum absolute atomic E-state index is 10.7. The first kappa shape index (κ1) is 13.8. The Morgan fingerprint density at radius 3 is 3.00 bits per heavy atom. The third-order valence-electron chi connectivity index (χ3n) is 3.42. The molecule has 1 unspecified atom stereocenters. The molecule has 0 amide bonds. The predicted molar refractivity (Wildman–Crippen MR) is 73.4 cm³/mol. The van der Waals surface area contributed by atoms with E-state index in [1.165, 1.54) is 0 Å². The van der Waals surface area contributed by atoms with E-state index in [0.29, 0.717) is 5.15 Å². The molecule has 0 bridgehead atoms. The first-order chi connectivity index (χ1) is 9.10. The van der Waals surface area contributed by atoms with Crippen molar-refractivity contribution in [2.75, 3.05) is 13.1 Å². The number of halogens is 1. The fourth-order valence-electron chi connectivity index (χ4n) is 2.50. The van der Waals surface area contributed by atoms with Crippen LogP contribution >= 0.6 is 11.6 Å². The van der Waals surface area contributed by atoms with E-state index in [4.69, 9.17) is 11.6 Å². The van der Waals surface area contributed by atoms with Crippen LogP contribution in [0.5, 0.6) is 0 Å². The van der Waals surface area contributed by atoms with Gasteiger partial charge in [0.1, 0.15) is 5.15 Å². The summed E-state index contributed by atoms with van der Waals surface area (Å²) < 4.78 is 0. The molecule has 19 heavy (non-hydrogen) atoms. The molecule has 0 aliphatic carbocycles. The molecule has 1 aromatic rings. The lowest BCUT2D eigenvalue weighted by molar-refractivity contribution is -0.404. The van der Waals surface area contributed by atoms with Crippen molar-refractivity contribution in [1.29, 1.82) is 0 Å². The molecule has 1 aliphatic rings. The number of aromatic nitrogens is 1. The fraction of sp³-hybridized carbons (Fsp3) is 0.462. The lowest BCUT2D eigenvalue weighted by Gasteiger charge is -2.18. The van der Waals surface area contributed by atoms with Gasteiger partial charge in [0.25, 0.3) is 6.20 Å². The van der Waals surface area contributed by atoms with Crippen LogP contribution in [0.1, 0.15) is 18.9 Å². The van der Waals surface area contributed by atoms with Crippen LogP contribution in [0.3, 0.4) is 0 Å². The van der Waals surface area contributed by atoms with E-state index in [1.54, 1.807) is 12.3 Å². The van der Waals surface area contributed by atoms with E-state index in [-0.39, 0.29) is 10.8 Å². The normalized spacial score (nSPS) is 21.1. The van der Waals surface area contributed by atoms with Gasteiger partial charge in [0, 0.05) is 25.2 Å². The average molecular weight is 282 g/mol. The van der Waals surface area contributed by atoms with Gasteiger partial charge in [-0.25, -0.2) is 4.98 Å². The van der Waals surface area contributed by atoms with E-state index in [0.717, 1.165) is 43.4 Å². The summed E-state index contributed by atoms with van der Waals surface area (Å²) in [5.41, 5.74) is 1.88. The van der Waals surface area contributed by atoms with Crippen LogP contribution in [0.4, 0.5) is 0 Å². The molecule has 102 valence electrons. The number of likely N-dealkylation sites (tertiary alicyclic amines) is 1. The second-order valence-electron chi connectivity index (χ2n) is 4.60. The maximum atomic E-state index is 10.7. The highest BCUT2D eigenvalue weighted by Crippen LogP contribution is 2.30. The zero-order valence-electron chi connectivity index (χ0n) is 10.8. The third kappa shape index (κ3) is 3.44. The molecule has 2 rings (SSSR count). The summed E-state index contributed by atoms with van der Waals surface area (Å²) in [5.74, 6) is 0.188. The standard InChI is InChI=1S/C13H16ClN3O2/c1-2-16-6-5-11(12(16)9-17(18)19)7-10-3-4-13(14)15-8-10/h3-4,8-9,11H,2,5-7H2,1H3. The Morgan fingerprint density at radius 1 is 1.63 bits per heavy atom. The highest BCUT2D eigenvalue weighted by Gasteiger charge is 2.29. The molecule has 1 fully saturated rings. The molecule has 0 saturated carbocycles. The number of hydrogen-bond acceptors (Lipinski definition) is 4. The summed E-state index contributed by atoms with van der Waals surface area (Å²) >= 11 is 5.75. The van der Waals surface area contributed by atoms with Gasteiger partial charge in [-0.3, -0.25) is 10.1 Å². The van der Waals surface area contributed by atoms with Crippen LogP contribution in [0.2, 0.25) is 5.15 Å².